The summed E-state index contributed by atoms with van der Waals surface area (Å²) in [6, 6.07) is 0. The van der Waals surface area contributed by atoms with E-state index in [2.05, 4.69) is 99.7 Å². The van der Waals surface area contributed by atoms with Crippen molar-refractivity contribution in [2.75, 3.05) is 27.4 Å². The summed E-state index contributed by atoms with van der Waals surface area (Å²) in [6.45, 7) is 33.2. The van der Waals surface area contributed by atoms with E-state index >= 15 is 0 Å². The molecule has 0 aromatic carbocycles. The van der Waals surface area contributed by atoms with Gasteiger partial charge in [0.15, 0.2) is 19.9 Å². The van der Waals surface area contributed by atoms with Crippen LogP contribution in [0, 0.1) is 23.7 Å². The number of methoxy groups -OCH3 is 2. The fraction of sp³-hybridized carbons (Fsp3) is 0.895. The SMILES string of the molecule is COC(/C=C\[C@@H](C)C(C)C)[C@H]1OC(C)(C)O[C@H]1CCO.COC(/C=C\[C@@H](C)C(C)C)[C@H]1OC(C)(C)O[C@H]1CCO[Si](C)(C)C(C)(C)C. The largest absolute Gasteiger partial charge is 0.417 e. The van der Waals surface area contributed by atoms with Crippen LogP contribution in [0.15, 0.2) is 24.3 Å². The zero-order valence-electron chi connectivity index (χ0n) is 33.2. The second-order valence-electron chi connectivity index (χ2n) is 16.6. The summed E-state index contributed by atoms with van der Waals surface area (Å²) in [6.07, 6.45) is 9.22. The van der Waals surface area contributed by atoms with E-state index in [0.29, 0.717) is 36.7 Å². The highest BCUT2D eigenvalue weighted by atomic mass is 28.4. The summed E-state index contributed by atoms with van der Waals surface area (Å²) in [7, 11) is 1.67. The van der Waals surface area contributed by atoms with E-state index in [4.69, 9.17) is 38.0 Å². The van der Waals surface area contributed by atoms with E-state index in [9.17, 15) is 0 Å². The number of allylic oxidation sites excluding steroid dienone is 2. The molecule has 2 aliphatic rings. The minimum Gasteiger partial charge on any atom is -0.417 e. The highest BCUT2D eigenvalue weighted by molar-refractivity contribution is 6.74. The molecular formula is C38H74O8Si. The Hall–Kier alpha value is -0.623. The maximum absolute atomic E-state index is 9.17. The quantitative estimate of drug-likeness (QED) is 0.128. The molecule has 0 aromatic heterocycles. The third kappa shape index (κ3) is 14.6. The van der Waals surface area contributed by atoms with Gasteiger partial charge in [-0.1, -0.05) is 86.6 Å². The predicted octanol–water partition coefficient (Wildman–Crippen LogP) is 8.53. The first-order valence-corrected chi connectivity index (χ1v) is 20.8. The molecular weight excluding hydrogens is 612 g/mol. The van der Waals surface area contributed by atoms with Gasteiger partial charge in [-0.05, 0) is 82.3 Å². The summed E-state index contributed by atoms with van der Waals surface area (Å²) >= 11 is 0. The van der Waals surface area contributed by atoms with Crippen molar-refractivity contribution < 1.29 is 38.0 Å². The van der Waals surface area contributed by atoms with Crippen LogP contribution in [-0.4, -0.2) is 89.1 Å². The second-order valence-corrected chi connectivity index (χ2v) is 21.4. The van der Waals surface area contributed by atoms with Crippen LogP contribution in [0.1, 0.15) is 103 Å². The highest BCUT2D eigenvalue weighted by Crippen LogP contribution is 2.38. The van der Waals surface area contributed by atoms with Crippen molar-refractivity contribution in [3.05, 3.63) is 24.3 Å². The molecule has 278 valence electrons. The van der Waals surface area contributed by atoms with E-state index < -0.39 is 19.9 Å². The van der Waals surface area contributed by atoms with Crippen LogP contribution in [0.5, 0.6) is 0 Å². The third-order valence-corrected chi connectivity index (χ3v) is 14.6. The molecule has 0 saturated carbocycles. The Morgan fingerprint density at radius 2 is 1.06 bits per heavy atom. The Kier molecular flexibility index (Phi) is 18.1. The van der Waals surface area contributed by atoms with Gasteiger partial charge in [0, 0.05) is 27.4 Å². The van der Waals surface area contributed by atoms with Crippen LogP contribution < -0.4 is 0 Å². The summed E-state index contributed by atoms with van der Waals surface area (Å²) in [5, 5.41) is 9.38. The van der Waals surface area contributed by atoms with Crippen molar-refractivity contribution in [1.29, 1.82) is 0 Å². The number of ether oxygens (including phenoxy) is 6. The molecule has 0 bridgehead atoms. The molecule has 0 radical (unpaired) electrons. The van der Waals surface area contributed by atoms with Gasteiger partial charge in [0.05, 0.1) is 12.2 Å². The zero-order chi connectivity index (χ0) is 36.4. The molecule has 2 unspecified atom stereocenters. The zero-order valence-corrected chi connectivity index (χ0v) is 34.2. The van der Waals surface area contributed by atoms with Crippen molar-refractivity contribution in [3.8, 4) is 0 Å². The maximum atomic E-state index is 9.17. The predicted molar refractivity (Wildman–Crippen MR) is 195 cm³/mol. The average Bonchev–Trinajstić information content (AvgIpc) is 3.42. The molecule has 9 heteroatoms. The summed E-state index contributed by atoms with van der Waals surface area (Å²) < 4.78 is 41.9. The molecule has 2 rings (SSSR count). The first-order valence-electron chi connectivity index (χ1n) is 17.9. The molecule has 2 saturated heterocycles. The van der Waals surface area contributed by atoms with Crippen LogP contribution in [-0.2, 0) is 32.8 Å². The lowest BCUT2D eigenvalue weighted by Gasteiger charge is -2.36. The minimum absolute atomic E-state index is 0.0336. The molecule has 0 amide bonds. The molecule has 2 heterocycles. The lowest BCUT2D eigenvalue weighted by Crippen LogP contribution is -2.42. The molecule has 0 aromatic rings. The van der Waals surface area contributed by atoms with Crippen molar-refractivity contribution in [1.82, 2.24) is 0 Å². The van der Waals surface area contributed by atoms with E-state index in [1.165, 1.54) is 0 Å². The molecule has 8 atom stereocenters. The summed E-state index contributed by atoms with van der Waals surface area (Å²) in [5.74, 6) is 0.955. The van der Waals surface area contributed by atoms with Gasteiger partial charge < -0.3 is 38.0 Å². The first-order chi connectivity index (χ1) is 21.5. The fourth-order valence-corrected chi connectivity index (χ4v) is 6.22. The second kappa shape index (κ2) is 19.1. The van der Waals surface area contributed by atoms with Crippen LogP contribution in [0.4, 0.5) is 0 Å². The van der Waals surface area contributed by atoms with Gasteiger partial charge in [-0.15, -0.1) is 0 Å². The third-order valence-electron chi connectivity index (χ3n) is 10.0. The first kappa shape index (κ1) is 44.4. The summed E-state index contributed by atoms with van der Waals surface area (Å²) in [4.78, 5) is 0. The van der Waals surface area contributed by atoms with Gasteiger partial charge in [0.2, 0.25) is 0 Å². The van der Waals surface area contributed by atoms with E-state index in [1.807, 2.05) is 27.7 Å². The number of hydrogen-bond donors (Lipinski definition) is 1. The summed E-state index contributed by atoms with van der Waals surface area (Å²) in [5.41, 5.74) is 0. The molecule has 2 fully saturated rings. The van der Waals surface area contributed by atoms with Gasteiger partial charge >= 0.3 is 0 Å². The normalized spacial score (nSPS) is 27.4. The molecule has 8 nitrogen and oxygen atoms in total. The van der Waals surface area contributed by atoms with Gasteiger partial charge in [-0.25, -0.2) is 0 Å². The van der Waals surface area contributed by atoms with Gasteiger partial charge in [-0.3, -0.25) is 0 Å². The van der Waals surface area contributed by atoms with Crippen molar-refractivity contribution in [2.45, 2.75) is 169 Å². The van der Waals surface area contributed by atoms with E-state index in [1.54, 1.807) is 14.2 Å². The lowest BCUT2D eigenvalue weighted by atomic mass is 9.96. The standard InChI is InChI=1S/C22H44O4Si.C16H30O4/c1-16(2)17(3)12-13-18(23-9)20-19(25-22(7,8)26-20)14-15-24-27(10,11)21(4,5)6;1-11(2)12(3)7-8-13(18-6)15-14(9-10-17)19-16(4,5)20-15/h12-13,16-20H,14-15H2,1-11H3;7-8,11-15,17H,9-10H2,1-6H3/b13-12-;8-7-/t17-,18?,19+,20-;12-,13?,14+,15-/m11/s1. The molecule has 47 heavy (non-hydrogen) atoms. The van der Waals surface area contributed by atoms with Crippen LogP contribution in [0.2, 0.25) is 18.1 Å². The number of aliphatic hydroxyl groups excluding tert-OH is 1. The highest BCUT2D eigenvalue weighted by Gasteiger charge is 2.46. The number of hydrogen-bond acceptors (Lipinski definition) is 8. The number of rotatable bonds is 16. The molecule has 0 aliphatic carbocycles. The Balaban J connectivity index is 0.000000491. The Morgan fingerprint density at radius 1 is 0.681 bits per heavy atom. The topological polar surface area (TPSA) is 84.8 Å². The van der Waals surface area contributed by atoms with E-state index in [-0.39, 0.29) is 48.3 Å². The van der Waals surface area contributed by atoms with Crippen LogP contribution in [0.3, 0.4) is 0 Å². The molecule has 2 aliphatic heterocycles. The van der Waals surface area contributed by atoms with E-state index in [0.717, 1.165) is 6.42 Å². The van der Waals surface area contributed by atoms with Crippen molar-refractivity contribution in [2.24, 2.45) is 23.7 Å². The average molecular weight is 687 g/mol. The molecule has 1 N–H and O–H groups in total. The van der Waals surface area contributed by atoms with Gasteiger partial charge in [0.1, 0.15) is 24.4 Å². The van der Waals surface area contributed by atoms with Crippen LogP contribution >= 0.6 is 0 Å². The van der Waals surface area contributed by atoms with Gasteiger partial charge in [0.25, 0.3) is 0 Å². The minimum atomic E-state index is -1.75. The smallest absolute Gasteiger partial charge is 0.191 e. The lowest BCUT2D eigenvalue weighted by molar-refractivity contribution is -0.155. The van der Waals surface area contributed by atoms with Crippen LogP contribution in [0.25, 0.3) is 0 Å². The Labute approximate surface area is 290 Å². The number of aliphatic hydroxyl groups is 1. The molecule has 0 spiro atoms. The van der Waals surface area contributed by atoms with Crippen molar-refractivity contribution in [3.63, 3.8) is 0 Å². The van der Waals surface area contributed by atoms with Crippen molar-refractivity contribution >= 4 is 8.32 Å². The Bertz CT molecular complexity index is 938. The maximum Gasteiger partial charge on any atom is 0.191 e. The monoisotopic (exact) mass is 687 g/mol. The van der Waals surface area contributed by atoms with Gasteiger partial charge in [-0.2, -0.15) is 0 Å². The fourth-order valence-electron chi connectivity index (χ4n) is 5.16. The Morgan fingerprint density at radius 3 is 1.38 bits per heavy atom.